The Morgan fingerprint density at radius 1 is 1.22 bits per heavy atom. The summed E-state index contributed by atoms with van der Waals surface area (Å²) >= 11 is 11.5. The Balaban J connectivity index is 2.60. The molecule has 1 aliphatic heterocycles. The highest BCUT2D eigenvalue weighted by molar-refractivity contribution is 7.80. The first kappa shape index (κ1) is 17.4. The molecule has 1 unspecified atom stereocenters. The first-order chi connectivity index (χ1) is 10.9. The van der Waals surface area contributed by atoms with Crippen molar-refractivity contribution in [2.75, 3.05) is 21.3 Å². The van der Waals surface area contributed by atoms with E-state index in [0.717, 1.165) is 0 Å². The van der Waals surface area contributed by atoms with Crippen molar-refractivity contribution in [3.8, 4) is 11.5 Å². The zero-order valence-electron chi connectivity index (χ0n) is 13.2. The van der Waals surface area contributed by atoms with Gasteiger partial charge in [0.1, 0.15) is 0 Å². The van der Waals surface area contributed by atoms with E-state index in [9.17, 15) is 4.79 Å². The van der Waals surface area contributed by atoms with Gasteiger partial charge in [-0.3, -0.25) is 0 Å². The number of esters is 1. The minimum absolute atomic E-state index is 0.394. The van der Waals surface area contributed by atoms with Crippen molar-refractivity contribution in [3.05, 3.63) is 34.0 Å². The van der Waals surface area contributed by atoms with Gasteiger partial charge >= 0.3 is 5.97 Å². The topological polar surface area (TPSA) is 68.8 Å². The predicted octanol–water partition coefficient (Wildman–Crippen LogP) is 2.32. The summed E-state index contributed by atoms with van der Waals surface area (Å²) in [6, 6.07) is 2.79. The smallest absolute Gasteiger partial charge is 0.337 e. The van der Waals surface area contributed by atoms with Crippen molar-refractivity contribution < 1.29 is 19.0 Å². The summed E-state index contributed by atoms with van der Waals surface area (Å²) in [6.45, 7) is 1.75. The number of halogens is 1. The van der Waals surface area contributed by atoms with Gasteiger partial charge in [-0.15, -0.1) is 0 Å². The summed E-state index contributed by atoms with van der Waals surface area (Å²) in [5.41, 5.74) is 1.64. The molecule has 0 aromatic heterocycles. The lowest BCUT2D eigenvalue weighted by atomic mass is 9.95. The van der Waals surface area contributed by atoms with Gasteiger partial charge in [0.05, 0.1) is 38.0 Å². The second-order valence-electron chi connectivity index (χ2n) is 4.79. The Kier molecular flexibility index (Phi) is 5.33. The van der Waals surface area contributed by atoms with Crippen LogP contribution in [0.2, 0.25) is 5.02 Å². The minimum Gasteiger partial charge on any atom is -0.493 e. The van der Waals surface area contributed by atoms with Gasteiger partial charge in [-0.1, -0.05) is 11.6 Å². The summed E-state index contributed by atoms with van der Waals surface area (Å²) in [5.74, 6) is 0.527. The summed E-state index contributed by atoms with van der Waals surface area (Å²) in [6.07, 6.45) is 0. The van der Waals surface area contributed by atoms with Crippen LogP contribution in [0.3, 0.4) is 0 Å². The summed E-state index contributed by atoms with van der Waals surface area (Å²) in [7, 11) is 4.37. The average Bonchev–Trinajstić information content (AvgIpc) is 2.53. The molecule has 0 fully saturated rings. The maximum absolute atomic E-state index is 12.2. The monoisotopic (exact) mass is 356 g/mol. The fourth-order valence-corrected chi connectivity index (χ4v) is 2.93. The lowest BCUT2D eigenvalue weighted by molar-refractivity contribution is -0.136. The van der Waals surface area contributed by atoms with Crippen LogP contribution >= 0.6 is 23.8 Å². The highest BCUT2D eigenvalue weighted by atomic mass is 35.5. The van der Waals surface area contributed by atoms with Gasteiger partial charge < -0.3 is 24.8 Å². The molecule has 0 radical (unpaired) electrons. The van der Waals surface area contributed by atoms with Crippen molar-refractivity contribution in [1.82, 2.24) is 10.6 Å². The lowest BCUT2D eigenvalue weighted by Gasteiger charge is -2.30. The van der Waals surface area contributed by atoms with E-state index in [2.05, 4.69) is 10.6 Å². The molecule has 0 bridgehead atoms. The van der Waals surface area contributed by atoms with Crippen LogP contribution in [0.4, 0.5) is 0 Å². The predicted molar refractivity (Wildman–Crippen MR) is 90.9 cm³/mol. The SMILES string of the molecule is COC(=O)C1=C(C)NC(=S)NC1c1cc(OC)c(OC)cc1Cl. The third kappa shape index (κ3) is 3.35. The molecule has 8 heteroatoms. The van der Waals surface area contributed by atoms with Crippen LogP contribution in [-0.4, -0.2) is 32.4 Å². The molecule has 2 N–H and O–H groups in total. The maximum Gasteiger partial charge on any atom is 0.337 e. The third-order valence-corrected chi connectivity index (χ3v) is 4.04. The number of rotatable bonds is 4. The van der Waals surface area contributed by atoms with Gasteiger partial charge in [-0.2, -0.15) is 0 Å². The molecule has 124 valence electrons. The van der Waals surface area contributed by atoms with E-state index in [4.69, 9.17) is 38.0 Å². The van der Waals surface area contributed by atoms with E-state index in [1.165, 1.54) is 21.3 Å². The van der Waals surface area contributed by atoms with Crippen LogP contribution in [0.25, 0.3) is 0 Å². The summed E-state index contributed by atoms with van der Waals surface area (Å²) < 4.78 is 15.4. The van der Waals surface area contributed by atoms with E-state index in [1.54, 1.807) is 19.1 Å². The first-order valence-corrected chi connectivity index (χ1v) is 7.49. The number of methoxy groups -OCH3 is 3. The molecule has 0 aliphatic carbocycles. The molecule has 6 nitrogen and oxygen atoms in total. The minimum atomic E-state index is -0.552. The fraction of sp³-hybridized carbons (Fsp3) is 0.333. The average molecular weight is 357 g/mol. The van der Waals surface area contributed by atoms with Gasteiger partial charge in [0.25, 0.3) is 0 Å². The maximum atomic E-state index is 12.2. The molecule has 0 spiro atoms. The van der Waals surface area contributed by atoms with Gasteiger partial charge in [0.15, 0.2) is 16.6 Å². The van der Waals surface area contributed by atoms with Crippen molar-refractivity contribution in [2.24, 2.45) is 0 Å². The number of benzene rings is 1. The Morgan fingerprint density at radius 3 is 2.39 bits per heavy atom. The number of hydrogen-bond donors (Lipinski definition) is 2. The fourth-order valence-electron chi connectivity index (χ4n) is 2.40. The summed E-state index contributed by atoms with van der Waals surface area (Å²) in [5, 5.41) is 6.76. The van der Waals surface area contributed by atoms with Crippen LogP contribution in [-0.2, 0) is 9.53 Å². The third-order valence-electron chi connectivity index (χ3n) is 3.49. The molecule has 0 saturated heterocycles. The number of hydrogen-bond acceptors (Lipinski definition) is 5. The largest absolute Gasteiger partial charge is 0.493 e. The van der Waals surface area contributed by atoms with E-state index >= 15 is 0 Å². The van der Waals surface area contributed by atoms with E-state index in [-0.39, 0.29) is 0 Å². The molecule has 2 rings (SSSR count). The normalized spacial score (nSPS) is 17.3. The number of ether oxygens (including phenoxy) is 3. The van der Waals surface area contributed by atoms with Crippen molar-refractivity contribution in [1.29, 1.82) is 0 Å². The summed E-state index contributed by atoms with van der Waals surface area (Å²) in [4.78, 5) is 12.2. The number of thiocarbonyl (C=S) groups is 1. The molecule has 1 atom stereocenters. The molecular weight excluding hydrogens is 340 g/mol. The highest BCUT2D eigenvalue weighted by Crippen LogP contribution is 2.39. The van der Waals surface area contributed by atoms with Gasteiger partial charge in [-0.25, -0.2) is 4.79 Å². The van der Waals surface area contributed by atoms with E-state index in [1.807, 2.05) is 0 Å². The molecule has 1 heterocycles. The standard InChI is InChI=1S/C15H17ClN2O4S/c1-7-12(14(19)22-4)13(18-15(23)17-7)8-5-10(20-2)11(21-3)6-9(8)16/h5-6,13H,1-4H3,(H2,17,18,23). The van der Waals surface area contributed by atoms with Crippen LogP contribution in [0.15, 0.2) is 23.4 Å². The number of carbonyl (C=O) groups is 1. The molecule has 23 heavy (non-hydrogen) atoms. The number of allylic oxidation sites excluding steroid dienone is 1. The van der Waals surface area contributed by atoms with Crippen LogP contribution in [0.5, 0.6) is 11.5 Å². The lowest BCUT2D eigenvalue weighted by Crippen LogP contribution is -2.45. The number of carbonyl (C=O) groups excluding carboxylic acids is 1. The van der Waals surface area contributed by atoms with Gasteiger partial charge in [0, 0.05) is 17.3 Å². The van der Waals surface area contributed by atoms with Crippen molar-refractivity contribution in [2.45, 2.75) is 13.0 Å². The second kappa shape index (κ2) is 7.06. The van der Waals surface area contributed by atoms with Gasteiger partial charge in [0.2, 0.25) is 0 Å². The molecule has 1 aromatic rings. The van der Waals surface area contributed by atoms with E-state index < -0.39 is 12.0 Å². The molecule has 1 aliphatic rings. The Labute approximate surface area is 144 Å². The van der Waals surface area contributed by atoms with Crippen molar-refractivity contribution in [3.63, 3.8) is 0 Å². The Bertz CT molecular complexity index is 690. The number of nitrogens with one attached hydrogen (secondary N) is 2. The van der Waals surface area contributed by atoms with Crippen LogP contribution < -0.4 is 20.1 Å². The molecular formula is C15H17ClN2O4S. The first-order valence-electron chi connectivity index (χ1n) is 6.71. The zero-order valence-corrected chi connectivity index (χ0v) is 14.7. The molecule has 1 aromatic carbocycles. The quantitative estimate of drug-likeness (QED) is 0.633. The van der Waals surface area contributed by atoms with Crippen LogP contribution in [0, 0.1) is 0 Å². The van der Waals surface area contributed by atoms with E-state index in [0.29, 0.717) is 38.5 Å². The van der Waals surface area contributed by atoms with Gasteiger partial charge in [-0.05, 0) is 25.2 Å². The Morgan fingerprint density at radius 2 is 1.83 bits per heavy atom. The highest BCUT2D eigenvalue weighted by Gasteiger charge is 2.32. The van der Waals surface area contributed by atoms with Crippen molar-refractivity contribution >= 4 is 34.9 Å². The zero-order chi connectivity index (χ0) is 17.1. The second-order valence-corrected chi connectivity index (χ2v) is 5.61. The van der Waals surface area contributed by atoms with Crippen LogP contribution in [0.1, 0.15) is 18.5 Å². The Hall–Kier alpha value is -1.99. The molecule has 0 saturated carbocycles. The molecule has 0 amide bonds.